The maximum atomic E-state index is 12.1. The number of nitrogens with two attached hydrogens (primary N) is 1. The Kier molecular flexibility index (Phi) is 3.99. The number of hydrogen-bond donors (Lipinski definition) is 2. The fourth-order valence-corrected chi connectivity index (χ4v) is 2.01. The number of amides is 1. The third kappa shape index (κ3) is 3.12. The Bertz CT molecular complexity index is 688. The Balaban J connectivity index is 2.23. The van der Waals surface area contributed by atoms with Crippen molar-refractivity contribution in [1.82, 2.24) is 0 Å². The van der Waals surface area contributed by atoms with E-state index in [9.17, 15) is 14.9 Å². The number of nitrogens with zero attached hydrogens (tertiary/aromatic N) is 1. The maximum Gasteiger partial charge on any atom is 0.271 e. The summed E-state index contributed by atoms with van der Waals surface area (Å²) in [4.78, 5) is 22.2. The second-order valence-corrected chi connectivity index (χ2v) is 4.91. The summed E-state index contributed by atoms with van der Waals surface area (Å²) in [7, 11) is 0. The van der Waals surface area contributed by atoms with Crippen molar-refractivity contribution in [3.63, 3.8) is 0 Å². The summed E-state index contributed by atoms with van der Waals surface area (Å²) in [5.41, 5.74) is 6.63. The Labute approximate surface area is 122 Å². The van der Waals surface area contributed by atoms with Crippen LogP contribution < -0.4 is 11.1 Å². The number of anilines is 2. The van der Waals surface area contributed by atoms with Crippen LogP contribution in [0.1, 0.15) is 10.4 Å². The molecule has 0 radical (unpaired) electrons. The molecule has 0 heterocycles. The number of halogens is 1. The number of carbonyl (C=O) groups excluding carboxylic acids is 1. The molecule has 1 amide bonds. The molecule has 6 nitrogen and oxygen atoms in total. The summed E-state index contributed by atoms with van der Waals surface area (Å²) in [5, 5.41) is 13.2. The molecule has 0 aliphatic rings. The number of nitrogens with one attached hydrogen (secondary N) is 1. The van der Waals surface area contributed by atoms with Crippen LogP contribution in [0.4, 0.5) is 17.1 Å². The standard InChI is InChI=1S/C13H10BrN3O3/c14-8-4-5-11(12(15)6-8)13(18)16-9-2-1-3-10(7-9)17(19)20/h1-7H,15H2,(H,16,18). The van der Waals surface area contributed by atoms with E-state index in [-0.39, 0.29) is 5.69 Å². The topological polar surface area (TPSA) is 98.3 Å². The first-order chi connectivity index (χ1) is 9.47. The van der Waals surface area contributed by atoms with Crippen LogP contribution in [0.5, 0.6) is 0 Å². The molecular weight excluding hydrogens is 326 g/mol. The number of carbonyl (C=O) groups is 1. The molecule has 2 aromatic rings. The highest BCUT2D eigenvalue weighted by atomic mass is 79.9. The first-order valence-corrected chi connectivity index (χ1v) is 6.37. The lowest BCUT2D eigenvalue weighted by molar-refractivity contribution is -0.384. The molecule has 0 fully saturated rings. The van der Waals surface area contributed by atoms with Gasteiger partial charge in [0.05, 0.1) is 10.5 Å². The molecule has 0 aliphatic carbocycles. The number of nitro benzene ring substituents is 1. The van der Waals surface area contributed by atoms with Crippen LogP contribution in [0.2, 0.25) is 0 Å². The predicted molar refractivity (Wildman–Crippen MR) is 79.6 cm³/mol. The normalized spacial score (nSPS) is 10.1. The molecule has 0 unspecified atom stereocenters. The first-order valence-electron chi connectivity index (χ1n) is 5.58. The van der Waals surface area contributed by atoms with Crippen LogP contribution in [-0.2, 0) is 0 Å². The molecule has 2 aromatic carbocycles. The molecule has 2 rings (SSSR count). The van der Waals surface area contributed by atoms with E-state index in [2.05, 4.69) is 21.2 Å². The van der Waals surface area contributed by atoms with Crippen molar-refractivity contribution in [2.45, 2.75) is 0 Å². The van der Waals surface area contributed by atoms with Gasteiger partial charge in [-0.15, -0.1) is 0 Å². The van der Waals surface area contributed by atoms with Crippen LogP contribution in [0.15, 0.2) is 46.9 Å². The van der Waals surface area contributed by atoms with Crippen LogP contribution in [0, 0.1) is 10.1 Å². The second kappa shape index (κ2) is 5.70. The van der Waals surface area contributed by atoms with Gasteiger partial charge in [0.15, 0.2) is 0 Å². The minimum atomic E-state index is -0.524. The van der Waals surface area contributed by atoms with Crippen molar-refractivity contribution in [3.05, 3.63) is 62.6 Å². The van der Waals surface area contributed by atoms with E-state index in [0.717, 1.165) is 4.47 Å². The lowest BCUT2D eigenvalue weighted by Crippen LogP contribution is -2.14. The van der Waals surface area contributed by atoms with Crippen LogP contribution in [0.25, 0.3) is 0 Å². The summed E-state index contributed by atoms with van der Waals surface area (Å²) >= 11 is 3.25. The van der Waals surface area contributed by atoms with Crippen LogP contribution in [0.3, 0.4) is 0 Å². The molecule has 0 spiro atoms. The van der Waals surface area contributed by atoms with E-state index in [1.54, 1.807) is 24.3 Å². The summed E-state index contributed by atoms with van der Waals surface area (Å²) in [6, 6.07) is 10.6. The van der Waals surface area contributed by atoms with Crippen LogP contribution >= 0.6 is 15.9 Å². The fraction of sp³-hybridized carbons (Fsp3) is 0. The van der Waals surface area contributed by atoms with Gasteiger partial charge in [-0.3, -0.25) is 14.9 Å². The van der Waals surface area contributed by atoms with Gasteiger partial charge < -0.3 is 11.1 Å². The molecular formula is C13H10BrN3O3. The van der Waals surface area contributed by atoms with E-state index in [4.69, 9.17) is 5.73 Å². The van der Waals surface area contributed by atoms with Crippen molar-refractivity contribution < 1.29 is 9.72 Å². The summed E-state index contributed by atoms with van der Waals surface area (Å²) in [5.74, 6) is -0.421. The molecule has 0 atom stereocenters. The van der Waals surface area contributed by atoms with E-state index < -0.39 is 10.8 Å². The Hall–Kier alpha value is -2.41. The van der Waals surface area contributed by atoms with E-state index >= 15 is 0 Å². The monoisotopic (exact) mass is 335 g/mol. The van der Waals surface area contributed by atoms with Gasteiger partial charge in [-0.1, -0.05) is 22.0 Å². The highest BCUT2D eigenvalue weighted by molar-refractivity contribution is 9.10. The van der Waals surface area contributed by atoms with Gasteiger partial charge in [-0.2, -0.15) is 0 Å². The molecule has 7 heteroatoms. The van der Waals surface area contributed by atoms with Gasteiger partial charge in [-0.25, -0.2) is 0 Å². The van der Waals surface area contributed by atoms with Crippen molar-refractivity contribution in [2.75, 3.05) is 11.1 Å². The number of nitrogen functional groups attached to an aromatic ring is 1. The SMILES string of the molecule is Nc1cc(Br)ccc1C(=O)Nc1cccc([N+](=O)[O-])c1. The Morgan fingerprint density at radius 2 is 2.00 bits per heavy atom. The van der Waals surface area contributed by atoms with Gasteiger partial charge in [0.25, 0.3) is 11.6 Å². The Morgan fingerprint density at radius 3 is 2.65 bits per heavy atom. The van der Waals surface area contributed by atoms with Crippen LogP contribution in [-0.4, -0.2) is 10.8 Å². The van der Waals surface area contributed by atoms with Crippen molar-refractivity contribution >= 4 is 38.9 Å². The molecule has 20 heavy (non-hydrogen) atoms. The fourth-order valence-electron chi connectivity index (χ4n) is 1.64. The Morgan fingerprint density at radius 1 is 1.25 bits per heavy atom. The van der Waals surface area contributed by atoms with Gasteiger partial charge >= 0.3 is 0 Å². The lowest BCUT2D eigenvalue weighted by Gasteiger charge is -2.07. The van der Waals surface area contributed by atoms with Gasteiger partial charge in [-0.05, 0) is 24.3 Å². The van der Waals surface area contributed by atoms with Gasteiger partial charge in [0.1, 0.15) is 0 Å². The third-order valence-corrected chi connectivity index (χ3v) is 3.07. The number of benzene rings is 2. The maximum absolute atomic E-state index is 12.1. The highest BCUT2D eigenvalue weighted by Gasteiger charge is 2.12. The molecule has 0 aliphatic heterocycles. The first kappa shape index (κ1) is 14.0. The predicted octanol–water partition coefficient (Wildman–Crippen LogP) is 3.19. The van der Waals surface area contributed by atoms with Gasteiger partial charge in [0.2, 0.25) is 0 Å². The number of non-ortho nitro benzene ring substituents is 1. The summed E-state index contributed by atoms with van der Waals surface area (Å²) in [6.45, 7) is 0. The second-order valence-electron chi connectivity index (χ2n) is 3.99. The lowest BCUT2D eigenvalue weighted by atomic mass is 10.1. The van der Waals surface area contributed by atoms with Crippen molar-refractivity contribution in [2.24, 2.45) is 0 Å². The smallest absolute Gasteiger partial charge is 0.271 e. The summed E-state index contributed by atoms with van der Waals surface area (Å²) in [6.07, 6.45) is 0. The highest BCUT2D eigenvalue weighted by Crippen LogP contribution is 2.21. The minimum Gasteiger partial charge on any atom is -0.398 e. The molecule has 0 saturated carbocycles. The molecule has 102 valence electrons. The van der Waals surface area contributed by atoms with Gasteiger partial charge in [0, 0.05) is 28.0 Å². The van der Waals surface area contributed by atoms with Crippen molar-refractivity contribution in [3.8, 4) is 0 Å². The minimum absolute atomic E-state index is 0.0911. The molecule has 3 N–H and O–H groups in total. The van der Waals surface area contributed by atoms with E-state index in [1.807, 2.05) is 0 Å². The average molecular weight is 336 g/mol. The largest absolute Gasteiger partial charge is 0.398 e. The number of hydrogen-bond acceptors (Lipinski definition) is 4. The molecule has 0 aromatic heterocycles. The zero-order valence-corrected chi connectivity index (χ0v) is 11.8. The molecule has 0 saturated heterocycles. The molecule has 0 bridgehead atoms. The summed E-state index contributed by atoms with van der Waals surface area (Å²) < 4.78 is 0.766. The third-order valence-electron chi connectivity index (χ3n) is 2.57. The quantitative estimate of drug-likeness (QED) is 0.511. The number of nitro groups is 1. The van der Waals surface area contributed by atoms with Crippen molar-refractivity contribution in [1.29, 1.82) is 0 Å². The van der Waals surface area contributed by atoms with E-state index in [0.29, 0.717) is 16.9 Å². The zero-order valence-electron chi connectivity index (χ0n) is 10.2. The average Bonchev–Trinajstić information content (AvgIpc) is 2.38. The number of rotatable bonds is 3. The van der Waals surface area contributed by atoms with E-state index in [1.165, 1.54) is 18.2 Å². The zero-order chi connectivity index (χ0) is 14.7.